The molecule has 0 aliphatic rings. The maximum absolute atomic E-state index is 11.3. The fourth-order valence-electron chi connectivity index (χ4n) is 3.60. The van der Waals surface area contributed by atoms with E-state index in [0.29, 0.717) is 18.8 Å². The van der Waals surface area contributed by atoms with E-state index in [1.807, 2.05) is 18.2 Å². The van der Waals surface area contributed by atoms with Gasteiger partial charge in [0, 0.05) is 18.3 Å². The highest BCUT2D eigenvalue weighted by Crippen LogP contribution is 2.26. The molecule has 1 aromatic rings. The molecule has 184 valence electrons. The summed E-state index contributed by atoms with van der Waals surface area (Å²) in [7, 11) is -6.83. The van der Waals surface area contributed by atoms with Crippen molar-refractivity contribution in [1.29, 1.82) is 0 Å². The van der Waals surface area contributed by atoms with Crippen LogP contribution in [0.4, 0.5) is 0 Å². The molecule has 0 bridgehead atoms. The Bertz CT molecular complexity index is 782. The van der Waals surface area contributed by atoms with E-state index in [1.54, 1.807) is 0 Å². The van der Waals surface area contributed by atoms with E-state index >= 15 is 0 Å². The number of benzene rings is 1. The summed E-state index contributed by atoms with van der Waals surface area (Å²) in [5.41, 5.74) is 0.451. The Labute approximate surface area is 202 Å². The maximum atomic E-state index is 11.3. The van der Waals surface area contributed by atoms with Crippen molar-refractivity contribution in [3.63, 3.8) is 0 Å². The summed E-state index contributed by atoms with van der Waals surface area (Å²) in [4.78, 5) is 21.9. The first-order valence-electron chi connectivity index (χ1n) is 11.4. The number of rotatable bonds is 17. The second-order valence-corrected chi connectivity index (χ2v) is 21.6. The van der Waals surface area contributed by atoms with Crippen molar-refractivity contribution < 1.29 is 27.3 Å². The minimum atomic E-state index is -2.68. The quantitative estimate of drug-likeness (QED) is 0.0999. The second-order valence-electron chi connectivity index (χ2n) is 9.44. The highest BCUT2D eigenvalue weighted by Gasteiger charge is 2.44. The van der Waals surface area contributed by atoms with Crippen LogP contribution in [0.5, 0.6) is 0 Å². The second kappa shape index (κ2) is 13.9. The molecule has 0 aliphatic carbocycles. The topological polar surface area (TPSA) is 71.1 Å². The van der Waals surface area contributed by atoms with Crippen molar-refractivity contribution in [3.8, 4) is 0 Å². The largest absolute Gasteiger partial charge is 0.463 e. The molecule has 0 saturated carbocycles. The van der Waals surface area contributed by atoms with Crippen LogP contribution in [0.25, 0.3) is 0 Å². The van der Waals surface area contributed by atoms with Gasteiger partial charge in [-0.2, -0.15) is 0 Å². The molecule has 0 N–H and O–H groups in total. The van der Waals surface area contributed by atoms with Gasteiger partial charge in [0.1, 0.15) is 6.29 Å². The number of hydrogen-bond acceptors (Lipinski definition) is 6. The molecule has 0 spiro atoms. The molecule has 6 nitrogen and oxygen atoms in total. The Hall–Kier alpha value is -1.63. The summed E-state index contributed by atoms with van der Waals surface area (Å²) >= 11 is 0. The minimum Gasteiger partial charge on any atom is -0.463 e. The van der Waals surface area contributed by atoms with E-state index in [1.165, 1.54) is 6.08 Å². The molecular weight excluding hydrogens is 469 g/mol. The Morgan fingerprint density at radius 2 is 1.48 bits per heavy atom. The fraction of sp³-hybridized carbons (Fsp3) is 0.500. The third kappa shape index (κ3) is 11.9. The molecule has 0 amide bonds. The van der Waals surface area contributed by atoms with Crippen LogP contribution in [0.3, 0.4) is 0 Å². The van der Waals surface area contributed by atoms with E-state index in [-0.39, 0.29) is 6.61 Å². The van der Waals surface area contributed by atoms with Crippen molar-refractivity contribution in [2.24, 2.45) is 0 Å². The van der Waals surface area contributed by atoms with Crippen molar-refractivity contribution in [2.45, 2.75) is 57.7 Å². The van der Waals surface area contributed by atoms with Crippen molar-refractivity contribution in [3.05, 3.63) is 55.1 Å². The van der Waals surface area contributed by atoms with Gasteiger partial charge in [-0.25, -0.2) is 4.79 Å². The summed E-state index contributed by atoms with van der Waals surface area (Å²) in [6, 6.07) is 12.0. The van der Waals surface area contributed by atoms with Gasteiger partial charge in [0.15, 0.2) is 16.6 Å². The first-order valence-corrected chi connectivity index (χ1v) is 19.9. The SMILES string of the molecule is C=CC(=O)OCCC[Si](C)(C)O[Si](C)(O[Si](C)(C)CCCOCC(=C)C=O)c1ccccc1. The van der Waals surface area contributed by atoms with Gasteiger partial charge in [-0.15, -0.1) is 0 Å². The average molecular weight is 509 g/mol. The lowest BCUT2D eigenvalue weighted by Gasteiger charge is -2.41. The van der Waals surface area contributed by atoms with Gasteiger partial charge in [-0.1, -0.05) is 43.5 Å². The van der Waals surface area contributed by atoms with Crippen LogP contribution in [-0.4, -0.2) is 57.3 Å². The molecule has 1 rings (SSSR count). The number of esters is 1. The van der Waals surface area contributed by atoms with Crippen molar-refractivity contribution >= 4 is 42.6 Å². The van der Waals surface area contributed by atoms with Crippen molar-refractivity contribution in [2.75, 3.05) is 19.8 Å². The van der Waals surface area contributed by atoms with E-state index in [9.17, 15) is 9.59 Å². The van der Waals surface area contributed by atoms with Gasteiger partial charge in [-0.05, 0) is 62.9 Å². The predicted octanol–water partition coefficient (Wildman–Crippen LogP) is 4.69. The van der Waals surface area contributed by atoms with Gasteiger partial charge >= 0.3 is 14.5 Å². The van der Waals surface area contributed by atoms with E-state index in [0.717, 1.165) is 36.4 Å². The lowest BCUT2D eigenvalue weighted by Crippen LogP contribution is -2.61. The Morgan fingerprint density at radius 1 is 0.939 bits per heavy atom. The van der Waals surface area contributed by atoms with Gasteiger partial charge in [0.05, 0.1) is 13.2 Å². The highest BCUT2D eigenvalue weighted by atomic mass is 28.5. The molecule has 0 radical (unpaired) electrons. The van der Waals surface area contributed by atoms with E-state index < -0.39 is 31.2 Å². The van der Waals surface area contributed by atoms with Gasteiger partial charge in [-0.3, -0.25) is 4.79 Å². The highest BCUT2D eigenvalue weighted by molar-refractivity contribution is 6.94. The molecule has 9 heteroatoms. The molecular formula is C24H40O6Si3. The number of hydrogen-bond donors (Lipinski definition) is 0. The van der Waals surface area contributed by atoms with Crippen LogP contribution in [0.1, 0.15) is 12.8 Å². The van der Waals surface area contributed by atoms with Crippen LogP contribution in [0, 0.1) is 0 Å². The smallest absolute Gasteiger partial charge is 0.348 e. The number of carbonyl (C=O) groups excluding carboxylic acids is 2. The summed E-state index contributed by atoms with van der Waals surface area (Å²) in [6.07, 6.45) is 3.52. The van der Waals surface area contributed by atoms with Gasteiger partial charge in [0.2, 0.25) is 0 Å². The lowest BCUT2D eigenvalue weighted by molar-refractivity contribution is -0.137. The molecule has 33 heavy (non-hydrogen) atoms. The third-order valence-electron chi connectivity index (χ3n) is 5.10. The molecule has 0 aliphatic heterocycles. The zero-order chi connectivity index (χ0) is 25.0. The summed E-state index contributed by atoms with van der Waals surface area (Å²) in [5, 5.41) is 1.13. The molecule has 1 aromatic carbocycles. The molecule has 0 aromatic heterocycles. The Balaban J connectivity index is 2.80. The first-order chi connectivity index (χ1) is 15.4. The molecule has 0 saturated heterocycles. The first kappa shape index (κ1) is 29.4. The van der Waals surface area contributed by atoms with E-state index in [4.69, 9.17) is 17.7 Å². The molecule has 0 fully saturated rings. The van der Waals surface area contributed by atoms with Crippen LogP contribution in [-0.2, 0) is 27.3 Å². The van der Waals surface area contributed by atoms with Crippen LogP contribution < -0.4 is 5.19 Å². The van der Waals surface area contributed by atoms with Crippen LogP contribution in [0.15, 0.2) is 55.1 Å². The standard InChI is InChI=1S/C24H40O6Si3/c1-8-24(26)28-17-13-19-32(5,6)30-33(7,23-14-10-9-11-15-23)29-31(3,4)18-12-16-27-21-22(2)20-25/h8-11,14-15,20H,1-2,12-13,16-19,21H2,3-7H3. The minimum absolute atomic E-state index is 0.272. The third-order valence-corrected chi connectivity index (χ3v) is 17.1. The monoisotopic (exact) mass is 508 g/mol. The van der Waals surface area contributed by atoms with Crippen LogP contribution >= 0.6 is 0 Å². The zero-order valence-corrected chi connectivity index (χ0v) is 23.9. The summed E-state index contributed by atoms with van der Waals surface area (Å²) in [5.74, 6) is -0.394. The van der Waals surface area contributed by atoms with E-state index in [2.05, 4.69) is 58.0 Å². The zero-order valence-electron chi connectivity index (χ0n) is 20.9. The average Bonchev–Trinajstić information content (AvgIpc) is 2.75. The van der Waals surface area contributed by atoms with Gasteiger partial charge in [0.25, 0.3) is 0 Å². The molecule has 0 heterocycles. The lowest BCUT2D eigenvalue weighted by atomic mass is 10.4. The summed E-state index contributed by atoms with van der Waals surface area (Å²) < 4.78 is 24.5. The van der Waals surface area contributed by atoms with Crippen molar-refractivity contribution in [1.82, 2.24) is 0 Å². The fourth-order valence-corrected chi connectivity index (χ4v) is 17.1. The number of aldehydes is 1. The molecule has 1 atom stereocenters. The van der Waals surface area contributed by atoms with Gasteiger partial charge < -0.3 is 17.7 Å². The molecule has 1 unspecified atom stereocenters. The number of ether oxygens (including phenoxy) is 2. The predicted molar refractivity (Wildman–Crippen MR) is 141 cm³/mol. The Morgan fingerprint density at radius 3 is 2.00 bits per heavy atom. The normalized spacial score (nSPS) is 13.7. The number of carbonyl (C=O) groups is 2. The maximum Gasteiger partial charge on any atom is 0.348 e. The Kier molecular flexibility index (Phi) is 12.4. The van der Waals surface area contributed by atoms with Crippen LogP contribution in [0.2, 0.25) is 44.8 Å². The summed E-state index contributed by atoms with van der Waals surface area (Å²) in [6.45, 7) is 19.2.